The van der Waals surface area contributed by atoms with E-state index < -0.39 is 6.10 Å². The smallest absolute Gasteiger partial charge is 0.130 e. The van der Waals surface area contributed by atoms with Crippen molar-refractivity contribution in [3.8, 4) is 5.75 Å². The molecule has 0 saturated heterocycles. The van der Waals surface area contributed by atoms with E-state index in [0.29, 0.717) is 6.61 Å². The van der Waals surface area contributed by atoms with E-state index in [9.17, 15) is 5.11 Å². The van der Waals surface area contributed by atoms with Gasteiger partial charge < -0.3 is 14.4 Å². The summed E-state index contributed by atoms with van der Waals surface area (Å²) in [6.45, 7) is 5.43. The Labute approximate surface area is 113 Å². The molecule has 2 aromatic rings. The van der Waals surface area contributed by atoms with Crippen LogP contribution < -0.4 is 4.74 Å². The van der Waals surface area contributed by atoms with Crippen molar-refractivity contribution in [3.05, 3.63) is 48.0 Å². The van der Waals surface area contributed by atoms with Gasteiger partial charge in [0.1, 0.15) is 12.4 Å². The summed E-state index contributed by atoms with van der Waals surface area (Å²) in [6.07, 6.45) is 3.95. The minimum atomic E-state index is -0.393. The summed E-state index contributed by atoms with van der Waals surface area (Å²) < 4.78 is 7.77. The van der Waals surface area contributed by atoms with Crippen LogP contribution in [0.5, 0.6) is 5.75 Å². The van der Waals surface area contributed by atoms with Gasteiger partial charge in [0.15, 0.2) is 0 Å². The molecular weight excluding hydrogens is 240 g/mol. The number of aliphatic hydroxyl groups excluding tert-OH is 1. The first-order valence-electron chi connectivity index (χ1n) is 6.64. The lowest BCUT2D eigenvalue weighted by Crippen LogP contribution is -2.03. The van der Waals surface area contributed by atoms with Crippen LogP contribution in [0, 0.1) is 0 Å². The predicted octanol–water partition coefficient (Wildman–Crippen LogP) is 2.93. The summed E-state index contributed by atoms with van der Waals surface area (Å²) in [7, 11) is 0. The third kappa shape index (κ3) is 3.35. The fourth-order valence-corrected chi connectivity index (χ4v) is 1.93. The lowest BCUT2D eigenvalue weighted by atomic mass is 10.1. The van der Waals surface area contributed by atoms with Gasteiger partial charge in [-0.2, -0.15) is 0 Å². The lowest BCUT2D eigenvalue weighted by Gasteiger charge is -2.10. The first-order valence-corrected chi connectivity index (χ1v) is 6.64. The molecule has 0 spiro atoms. The van der Waals surface area contributed by atoms with Crippen molar-refractivity contribution in [2.45, 2.75) is 39.5 Å². The van der Waals surface area contributed by atoms with E-state index in [1.165, 1.54) is 0 Å². The van der Waals surface area contributed by atoms with E-state index in [2.05, 4.69) is 16.5 Å². The topological polar surface area (TPSA) is 47.3 Å². The molecule has 1 N–H and O–H groups in total. The molecule has 0 radical (unpaired) electrons. The standard InChI is InChI=1S/C15H20N2O2/c1-3-15(18)12-5-7-14(8-6-12)19-10-13-9-16-11-17(13)4-2/h5-9,11,15,18H,3-4,10H2,1-2H3/t15-/m0/s1. The molecule has 1 aromatic heterocycles. The van der Waals surface area contributed by atoms with Gasteiger partial charge in [-0.3, -0.25) is 0 Å². The number of imidazole rings is 1. The van der Waals surface area contributed by atoms with Crippen molar-refractivity contribution in [3.63, 3.8) is 0 Å². The molecule has 0 saturated carbocycles. The zero-order valence-corrected chi connectivity index (χ0v) is 11.4. The average Bonchev–Trinajstić information content (AvgIpc) is 2.92. The second kappa shape index (κ2) is 6.38. The average molecular weight is 260 g/mol. The summed E-state index contributed by atoms with van der Waals surface area (Å²) in [6, 6.07) is 7.59. The first-order chi connectivity index (χ1) is 9.24. The van der Waals surface area contributed by atoms with Crippen molar-refractivity contribution in [1.29, 1.82) is 0 Å². The molecule has 0 bridgehead atoms. The normalized spacial score (nSPS) is 12.4. The summed E-state index contributed by atoms with van der Waals surface area (Å²) in [5, 5.41) is 9.72. The van der Waals surface area contributed by atoms with Crippen LogP contribution in [0.4, 0.5) is 0 Å². The monoisotopic (exact) mass is 260 g/mol. The van der Waals surface area contributed by atoms with Gasteiger partial charge in [-0.15, -0.1) is 0 Å². The molecule has 1 heterocycles. The molecule has 1 atom stereocenters. The highest BCUT2D eigenvalue weighted by molar-refractivity contribution is 5.28. The molecule has 0 aliphatic heterocycles. The lowest BCUT2D eigenvalue weighted by molar-refractivity contribution is 0.173. The molecule has 102 valence electrons. The minimum absolute atomic E-state index is 0.393. The van der Waals surface area contributed by atoms with Gasteiger partial charge in [0, 0.05) is 6.54 Å². The maximum atomic E-state index is 9.72. The van der Waals surface area contributed by atoms with Crippen LogP contribution in [0.1, 0.15) is 37.6 Å². The molecule has 0 unspecified atom stereocenters. The fourth-order valence-electron chi connectivity index (χ4n) is 1.93. The molecule has 0 aliphatic rings. The van der Waals surface area contributed by atoms with E-state index in [-0.39, 0.29) is 0 Å². The number of benzene rings is 1. The van der Waals surface area contributed by atoms with Crippen molar-refractivity contribution >= 4 is 0 Å². The predicted molar refractivity (Wildman–Crippen MR) is 73.9 cm³/mol. The number of aliphatic hydroxyl groups is 1. The Balaban J connectivity index is 1.96. The molecule has 4 nitrogen and oxygen atoms in total. The zero-order chi connectivity index (χ0) is 13.7. The van der Waals surface area contributed by atoms with Crippen molar-refractivity contribution < 1.29 is 9.84 Å². The Bertz CT molecular complexity index is 505. The van der Waals surface area contributed by atoms with Gasteiger partial charge >= 0.3 is 0 Å². The minimum Gasteiger partial charge on any atom is -0.487 e. The molecule has 0 aliphatic carbocycles. The number of ether oxygens (including phenoxy) is 1. The van der Waals surface area contributed by atoms with Crippen LogP contribution in [-0.2, 0) is 13.2 Å². The molecule has 1 aromatic carbocycles. The van der Waals surface area contributed by atoms with E-state index in [1.54, 1.807) is 6.33 Å². The number of nitrogens with zero attached hydrogens (tertiary/aromatic N) is 2. The van der Waals surface area contributed by atoms with Gasteiger partial charge in [-0.1, -0.05) is 19.1 Å². The number of hydrogen-bond donors (Lipinski definition) is 1. The third-order valence-corrected chi connectivity index (χ3v) is 3.18. The van der Waals surface area contributed by atoms with E-state index in [4.69, 9.17) is 4.74 Å². The van der Waals surface area contributed by atoms with E-state index >= 15 is 0 Å². The van der Waals surface area contributed by atoms with Crippen LogP contribution >= 0.6 is 0 Å². The van der Waals surface area contributed by atoms with Gasteiger partial charge in [-0.25, -0.2) is 4.98 Å². The number of rotatable bonds is 6. The Morgan fingerprint density at radius 3 is 2.63 bits per heavy atom. The Morgan fingerprint density at radius 2 is 2.00 bits per heavy atom. The number of aryl methyl sites for hydroxylation is 1. The second-order valence-corrected chi connectivity index (χ2v) is 4.45. The van der Waals surface area contributed by atoms with Crippen molar-refractivity contribution in [1.82, 2.24) is 9.55 Å². The Kier molecular flexibility index (Phi) is 4.58. The van der Waals surface area contributed by atoms with Gasteiger partial charge in [0.2, 0.25) is 0 Å². The Morgan fingerprint density at radius 1 is 1.26 bits per heavy atom. The summed E-state index contributed by atoms with van der Waals surface area (Å²) in [4.78, 5) is 4.10. The maximum absolute atomic E-state index is 9.72. The van der Waals surface area contributed by atoms with Crippen LogP contribution in [0.15, 0.2) is 36.8 Å². The quantitative estimate of drug-likeness (QED) is 0.868. The number of aromatic nitrogens is 2. The maximum Gasteiger partial charge on any atom is 0.130 e. The van der Waals surface area contributed by atoms with Crippen LogP contribution in [0.2, 0.25) is 0 Å². The van der Waals surface area contributed by atoms with Crippen LogP contribution in [0.3, 0.4) is 0 Å². The fraction of sp³-hybridized carbons (Fsp3) is 0.400. The molecule has 0 fully saturated rings. The van der Waals surface area contributed by atoms with Crippen molar-refractivity contribution in [2.24, 2.45) is 0 Å². The first kappa shape index (κ1) is 13.6. The molecule has 2 rings (SSSR count). The van der Waals surface area contributed by atoms with Gasteiger partial charge in [0.25, 0.3) is 0 Å². The summed E-state index contributed by atoms with van der Waals surface area (Å²) in [5.41, 5.74) is 1.98. The summed E-state index contributed by atoms with van der Waals surface area (Å²) >= 11 is 0. The van der Waals surface area contributed by atoms with Gasteiger partial charge in [-0.05, 0) is 31.0 Å². The zero-order valence-electron chi connectivity index (χ0n) is 11.4. The second-order valence-electron chi connectivity index (χ2n) is 4.45. The third-order valence-electron chi connectivity index (χ3n) is 3.18. The van der Waals surface area contributed by atoms with Gasteiger partial charge in [0.05, 0.1) is 24.3 Å². The highest BCUT2D eigenvalue weighted by Crippen LogP contribution is 2.20. The van der Waals surface area contributed by atoms with Crippen LogP contribution in [-0.4, -0.2) is 14.7 Å². The van der Waals surface area contributed by atoms with Crippen LogP contribution in [0.25, 0.3) is 0 Å². The molecular formula is C15H20N2O2. The highest BCUT2D eigenvalue weighted by Gasteiger charge is 2.05. The largest absolute Gasteiger partial charge is 0.487 e. The molecule has 4 heteroatoms. The SMILES string of the molecule is CC[C@H](O)c1ccc(OCc2cncn2CC)cc1. The summed E-state index contributed by atoms with van der Waals surface area (Å²) in [5.74, 6) is 0.802. The highest BCUT2D eigenvalue weighted by atomic mass is 16.5. The molecule has 0 amide bonds. The van der Waals surface area contributed by atoms with E-state index in [0.717, 1.165) is 30.0 Å². The Hall–Kier alpha value is -1.81. The van der Waals surface area contributed by atoms with E-state index in [1.807, 2.05) is 37.4 Å². The molecule has 19 heavy (non-hydrogen) atoms. The van der Waals surface area contributed by atoms with Crippen molar-refractivity contribution in [2.75, 3.05) is 0 Å². The number of hydrogen-bond acceptors (Lipinski definition) is 3.